The minimum Gasteiger partial charge on any atom is -0.314 e. The molecule has 1 aromatic carbocycles. The average Bonchev–Trinajstić information content (AvgIpc) is 2.67. The lowest BCUT2D eigenvalue weighted by Gasteiger charge is -2.01. The zero-order chi connectivity index (χ0) is 10.7. The summed E-state index contributed by atoms with van der Waals surface area (Å²) in [5, 5.41) is 8.19. The number of benzene rings is 1. The van der Waals surface area contributed by atoms with Crippen molar-refractivity contribution in [1.82, 2.24) is 15.1 Å². The molecule has 1 N–H and O–H groups in total. The maximum atomic E-state index is 5.91. The molecule has 0 aliphatic carbocycles. The first-order valence-electron chi connectivity index (χ1n) is 4.74. The van der Waals surface area contributed by atoms with E-state index in [-0.39, 0.29) is 0 Å². The van der Waals surface area contributed by atoms with Crippen LogP contribution in [0.25, 0.3) is 5.69 Å². The Morgan fingerprint density at radius 1 is 1.40 bits per heavy atom. The molecule has 0 saturated heterocycles. The van der Waals surface area contributed by atoms with Crippen molar-refractivity contribution in [3.05, 3.63) is 47.2 Å². The molecule has 0 bridgehead atoms. The van der Waals surface area contributed by atoms with Crippen LogP contribution >= 0.6 is 11.6 Å². The van der Waals surface area contributed by atoms with Gasteiger partial charge in [0.05, 0.1) is 11.4 Å². The fourth-order valence-electron chi connectivity index (χ4n) is 1.40. The molecular weight excluding hydrogens is 210 g/mol. The topological polar surface area (TPSA) is 29.9 Å². The van der Waals surface area contributed by atoms with Crippen molar-refractivity contribution < 1.29 is 0 Å². The number of hydrogen-bond acceptors (Lipinski definition) is 2. The minimum absolute atomic E-state index is 0.721. The van der Waals surface area contributed by atoms with E-state index in [1.165, 1.54) is 0 Å². The van der Waals surface area contributed by atoms with Gasteiger partial charge in [0.1, 0.15) is 0 Å². The van der Waals surface area contributed by atoms with Gasteiger partial charge in [-0.15, -0.1) is 0 Å². The predicted molar refractivity (Wildman–Crippen MR) is 61.3 cm³/mol. The van der Waals surface area contributed by atoms with Crippen LogP contribution in [-0.2, 0) is 6.54 Å². The highest BCUT2D eigenvalue weighted by Gasteiger charge is 2.00. The van der Waals surface area contributed by atoms with E-state index in [9.17, 15) is 0 Å². The second-order valence-electron chi connectivity index (χ2n) is 3.26. The van der Waals surface area contributed by atoms with E-state index >= 15 is 0 Å². The number of halogens is 1. The zero-order valence-electron chi connectivity index (χ0n) is 8.44. The number of nitrogens with one attached hydrogen (secondary N) is 1. The third-order valence-electron chi connectivity index (χ3n) is 2.07. The van der Waals surface area contributed by atoms with Crippen LogP contribution in [0.1, 0.15) is 5.69 Å². The maximum Gasteiger partial charge on any atom is 0.0766 e. The molecule has 4 heteroatoms. The summed E-state index contributed by atoms with van der Waals surface area (Å²) in [5.74, 6) is 0. The second kappa shape index (κ2) is 4.47. The van der Waals surface area contributed by atoms with Gasteiger partial charge in [-0.05, 0) is 31.3 Å². The molecule has 0 aliphatic rings. The molecule has 0 aliphatic heterocycles. The number of rotatable bonds is 3. The predicted octanol–water partition coefficient (Wildman–Crippen LogP) is 2.25. The van der Waals surface area contributed by atoms with E-state index in [1.54, 1.807) is 0 Å². The Balaban J connectivity index is 2.29. The first kappa shape index (κ1) is 10.2. The Morgan fingerprint density at radius 3 is 3.00 bits per heavy atom. The number of nitrogens with zero attached hydrogens (tertiary/aromatic N) is 2. The van der Waals surface area contributed by atoms with Crippen molar-refractivity contribution in [2.45, 2.75) is 6.54 Å². The maximum absolute atomic E-state index is 5.91. The van der Waals surface area contributed by atoms with Crippen molar-refractivity contribution in [2.75, 3.05) is 7.05 Å². The smallest absolute Gasteiger partial charge is 0.0766 e. The van der Waals surface area contributed by atoms with Gasteiger partial charge in [0.25, 0.3) is 0 Å². The van der Waals surface area contributed by atoms with Gasteiger partial charge in [0, 0.05) is 17.8 Å². The lowest BCUT2D eigenvalue weighted by molar-refractivity contribution is 0.757. The van der Waals surface area contributed by atoms with Gasteiger partial charge in [0.2, 0.25) is 0 Å². The summed E-state index contributed by atoms with van der Waals surface area (Å²) in [4.78, 5) is 0. The fraction of sp³-hybridized carbons (Fsp3) is 0.182. The number of aromatic nitrogens is 2. The molecule has 0 saturated carbocycles. The number of hydrogen-bond donors (Lipinski definition) is 1. The first-order chi connectivity index (χ1) is 7.29. The Hall–Kier alpha value is -1.32. The Labute approximate surface area is 93.7 Å². The third-order valence-corrected chi connectivity index (χ3v) is 2.31. The summed E-state index contributed by atoms with van der Waals surface area (Å²) in [7, 11) is 1.90. The van der Waals surface area contributed by atoms with Crippen molar-refractivity contribution in [3.8, 4) is 5.69 Å². The molecule has 0 amide bonds. The van der Waals surface area contributed by atoms with Crippen LogP contribution in [-0.4, -0.2) is 16.8 Å². The van der Waals surface area contributed by atoms with Gasteiger partial charge in [0.15, 0.2) is 0 Å². The molecule has 78 valence electrons. The largest absolute Gasteiger partial charge is 0.314 e. The SMILES string of the molecule is CNCc1ccn(-c2cccc(Cl)c2)n1. The highest BCUT2D eigenvalue weighted by molar-refractivity contribution is 6.30. The third kappa shape index (κ3) is 2.37. The quantitative estimate of drug-likeness (QED) is 0.862. The highest BCUT2D eigenvalue weighted by atomic mass is 35.5. The minimum atomic E-state index is 0.721. The van der Waals surface area contributed by atoms with Crippen molar-refractivity contribution in [2.24, 2.45) is 0 Å². The highest BCUT2D eigenvalue weighted by Crippen LogP contribution is 2.14. The van der Waals surface area contributed by atoms with Crippen molar-refractivity contribution in [1.29, 1.82) is 0 Å². The van der Waals surface area contributed by atoms with E-state index in [2.05, 4.69) is 10.4 Å². The summed E-state index contributed by atoms with van der Waals surface area (Å²) < 4.78 is 1.82. The van der Waals surface area contributed by atoms with Crippen LogP contribution < -0.4 is 5.32 Å². The second-order valence-corrected chi connectivity index (χ2v) is 3.70. The monoisotopic (exact) mass is 221 g/mol. The molecule has 2 aromatic rings. The molecule has 1 aromatic heterocycles. The molecule has 15 heavy (non-hydrogen) atoms. The Bertz CT molecular complexity index is 451. The molecular formula is C11H12ClN3. The zero-order valence-corrected chi connectivity index (χ0v) is 9.20. The van der Waals surface area contributed by atoms with Crippen LogP contribution in [0, 0.1) is 0 Å². The molecule has 3 nitrogen and oxygen atoms in total. The van der Waals surface area contributed by atoms with Crippen LogP contribution in [0.4, 0.5) is 0 Å². The first-order valence-corrected chi connectivity index (χ1v) is 5.12. The molecule has 0 unspecified atom stereocenters. The Morgan fingerprint density at radius 2 is 2.27 bits per heavy atom. The molecule has 0 radical (unpaired) electrons. The molecule has 1 heterocycles. The molecule has 0 fully saturated rings. The summed E-state index contributed by atoms with van der Waals surface area (Å²) in [6.45, 7) is 0.771. The van der Waals surface area contributed by atoms with Gasteiger partial charge in [-0.3, -0.25) is 0 Å². The van der Waals surface area contributed by atoms with E-state index in [1.807, 2.05) is 48.3 Å². The summed E-state index contributed by atoms with van der Waals surface area (Å²) in [6, 6.07) is 9.61. The van der Waals surface area contributed by atoms with Crippen LogP contribution in [0.5, 0.6) is 0 Å². The fourth-order valence-corrected chi connectivity index (χ4v) is 1.58. The van der Waals surface area contributed by atoms with Crippen molar-refractivity contribution >= 4 is 11.6 Å². The van der Waals surface area contributed by atoms with Crippen LogP contribution in [0.15, 0.2) is 36.5 Å². The lowest BCUT2D eigenvalue weighted by Crippen LogP contribution is -2.06. The van der Waals surface area contributed by atoms with E-state index in [0.717, 1.165) is 22.9 Å². The van der Waals surface area contributed by atoms with Crippen LogP contribution in [0.2, 0.25) is 5.02 Å². The van der Waals surface area contributed by atoms with Gasteiger partial charge < -0.3 is 5.32 Å². The standard InChI is InChI=1S/C11H12ClN3/c1-13-8-10-5-6-15(14-10)11-4-2-3-9(12)7-11/h2-7,13H,8H2,1H3. The molecule has 2 rings (SSSR count). The lowest BCUT2D eigenvalue weighted by atomic mass is 10.3. The van der Waals surface area contributed by atoms with Gasteiger partial charge >= 0.3 is 0 Å². The average molecular weight is 222 g/mol. The normalized spacial score (nSPS) is 10.5. The van der Waals surface area contributed by atoms with E-state index in [0.29, 0.717) is 0 Å². The van der Waals surface area contributed by atoms with Gasteiger partial charge in [-0.1, -0.05) is 17.7 Å². The summed E-state index contributed by atoms with van der Waals surface area (Å²) in [5.41, 5.74) is 1.99. The molecule has 0 spiro atoms. The van der Waals surface area contributed by atoms with Crippen LogP contribution in [0.3, 0.4) is 0 Å². The summed E-state index contributed by atoms with van der Waals surface area (Å²) in [6.07, 6.45) is 1.93. The summed E-state index contributed by atoms with van der Waals surface area (Å²) >= 11 is 5.91. The van der Waals surface area contributed by atoms with Gasteiger partial charge in [-0.2, -0.15) is 5.10 Å². The molecule has 0 atom stereocenters. The van der Waals surface area contributed by atoms with E-state index < -0.39 is 0 Å². The van der Waals surface area contributed by atoms with Crippen molar-refractivity contribution in [3.63, 3.8) is 0 Å². The van der Waals surface area contributed by atoms with E-state index in [4.69, 9.17) is 11.6 Å². The Kier molecular flexibility index (Phi) is 3.04. The van der Waals surface area contributed by atoms with Gasteiger partial charge in [-0.25, -0.2) is 4.68 Å².